The minimum Gasteiger partial charge on any atom is -0.462 e. The minimum atomic E-state index is -0.482. The van der Waals surface area contributed by atoms with Crippen molar-refractivity contribution < 1.29 is 19.0 Å². The molecule has 0 spiro atoms. The molecule has 0 radical (unpaired) electrons. The Morgan fingerprint density at radius 1 is 1.12 bits per heavy atom. The third kappa shape index (κ3) is 5.51. The van der Waals surface area contributed by atoms with Crippen LogP contribution in [0.5, 0.6) is 0 Å². The maximum Gasteiger partial charge on any atom is 0.326 e. The highest BCUT2D eigenvalue weighted by molar-refractivity contribution is 7.18. The molecule has 0 saturated heterocycles. The van der Waals surface area contributed by atoms with Crippen LogP contribution in [0.1, 0.15) is 35.8 Å². The average molecular weight is 471 g/mol. The largest absolute Gasteiger partial charge is 0.462 e. The van der Waals surface area contributed by atoms with E-state index in [9.17, 15) is 9.59 Å². The van der Waals surface area contributed by atoms with E-state index in [2.05, 4.69) is 0 Å². The Bertz CT molecular complexity index is 1180. The Balaban J connectivity index is 1.60. The van der Waals surface area contributed by atoms with E-state index in [1.807, 2.05) is 38.1 Å². The van der Waals surface area contributed by atoms with Gasteiger partial charge in [0.05, 0.1) is 25.2 Å². The first-order chi connectivity index (χ1) is 16.1. The van der Waals surface area contributed by atoms with Crippen molar-refractivity contribution in [2.45, 2.75) is 46.1 Å². The summed E-state index contributed by atoms with van der Waals surface area (Å²) in [6, 6.07) is 7.83. The van der Waals surface area contributed by atoms with Gasteiger partial charge in [0, 0.05) is 17.0 Å². The highest BCUT2D eigenvalue weighted by Gasteiger charge is 2.23. The number of rotatable bonds is 10. The number of fused-ring (bicyclic) bond motifs is 3. The van der Waals surface area contributed by atoms with Crippen molar-refractivity contribution in [1.29, 1.82) is 0 Å². The fourth-order valence-electron chi connectivity index (χ4n) is 4.14. The van der Waals surface area contributed by atoms with Crippen LogP contribution in [-0.2, 0) is 38.4 Å². The molecule has 7 nitrogen and oxygen atoms in total. The molecule has 0 aliphatic heterocycles. The number of carbonyl (C=O) groups excluding carboxylic acids is 1. The lowest BCUT2D eigenvalue weighted by molar-refractivity contribution is -0.146. The molecule has 4 rings (SSSR count). The van der Waals surface area contributed by atoms with E-state index >= 15 is 0 Å². The Hall–Kier alpha value is -2.55. The number of esters is 1. The van der Waals surface area contributed by atoms with Crippen molar-refractivity contribution >= 4 is 27.5 Å². The summed E-state index contributed by atoms with van der Waals surface area (Å²) in [4.78, 5) is 33.2. The van der Waals surface area contributed by atoms with Gasteiger partial charge in [-0.25, -0.2) is 4.98 Å². The minimum absolute atomic E-state index is 0.128. The van der Waals surface area contributed by atoms with Crippen LogP contribution in [0.3, 0.4) is 0 Å². The molecule has 0 amide bonds. The number of aryl methyl sites for hydroxylation is 3. The maximum atomic E-state index is 13.6. The number of thiophene rings is 1. The SMILES string of the molecule is CCOCCOCCOC(=O)Cn1c(-c2cccc(C)c2)nc2sc3c(c2c1=O)CCCC3. The van der Waals surface area contributed by atoms with Gasteiger partial charge >= 0.3 is 5.97 Å². The van der Waals surface area contributed by atoms with Crippen molar-refractivity contribution in [2.75, 3.05) is 33.0 Å². The van der Waals surface area contributed by atoms with Crippen LogP contribution in [0, 0.1) is 6.92 Å². The third-order valence-corrected chi connectivity index (χ3v) is 6.89. The van der Waals surface area contributed by atoms with Gasteiger partial charge < -0.3 is 14.2 Å². The Labute approximate surface area is 197 Å². The average Bonchev–Trinajstić information content (AvgIpc) is 3.19. The van der Waals surface area contributed by atoms with Crippen molar-refractivity contribution in [1.82, 2.24) is 9.55 Å². The number of ether oxygens (including phenoxy) is 3. The number of benzene rings is 1. The van der Waals surface area contributed by atoms with E-state index in [1.165, 1.54) is 9.44 Å². The fourth-order valence-corrected chi connectivity index (χ4v) is 5.39. The summed E-state index contributed by atoms with van der Waals surface area (Å²) in [5.74, 6) is 0.0179. The second kappa shape index (κ2) is 11.0. The fraction of sp³-hybridized carbons (Fsp3) is 0.480. The van der Waals surface area contributed by atoms with E-state index < -0.39 is 5.97 Å². The van der Waals surface area contributed by atoms with Crippen molar-refractivity contribution in [2.24, 2.45) is 0 Å². The van der Waals surface area contributed by atoms with Gasteiger partial charge in [0.15, 0.2) is 0 Å². The van der Waals surface area contributed by atoms with Crippen LogP contribution in [0.4, 0.5) is 0 Å². The van der Waals surface area contributed by atoms with E-state index in [0.29, 0.717) is 31.0 Å². The quantitative estimate of drug-likeness (QED) is 0.330. The molecule has 0 fully saturated rings. The molecular formula is C25H30N2O5S. The number of hydrogen-bond acceptors (Lipinski definition) is 7. The zero-order valence-corrected chi connectivity index (χ0v) is 20.0. The van der Waals surface area contributed by atoms with Gasteiger partial charge in [0.1, 0.15) is 23.8 Å². The van der Waals surface area contributed by atoms with Crippen molar-refractivity contribution in [3.63, 3.8) is 0 Å². The highest BCUT2D eigenvalue weighted by Crippen LogP contribution is 2.34. The van der Waals surface area contributed by atoms with E-state index in [-0.39, 0.29) is 25.3 Å². The van der Waals surface area contributed by atoms with Crippen LogP contribution in [0.25, 0.3) is 21.6 Å². The molecule has 0 N–H and O–H groups in total. The zero-order chi connectivity index (χ0) is 23.2. The lowest BCUT2D eigenvalue weighted by Gasteiger charge is -2.14. The van der Waals surface area contributed by atoms with Gasteiger partial charge in [-0.2, -0.15) is 0 Å². The lowest BCUT2D eigenvalue weighted by Crippen LogP contribution is -2.28. The molecule has 0 unspecified atom stereocenters. The molecule has 33 heavy (non-hydrogen) atoms. The molecule has 0 saturated carbocycles. The smallest absolute Gasteiger partial charge is 0.326 e. The summed E-state index contributed by atoms with van der Waals surface area (Å²) in [7, 11) is 0. The molecule has 1 aliphatic carbocycles. The zero-order valence-electron chi connectivity index (χ0n) is 19.2. The first-order valence-corrected chi connectivity index (χ1v) is 12.3. The maximum absolute atomic E-state index is 13.6. The summed E-state index contributed by atoms with van der Waals surface area (Å²) < 4.78 is 17.4. The summed E-state index contributed by atoms with van der Waals surface area (Å²) in [5.41, 5.74) is 2.82. The molecular weight excluding hydrogens is 440 g/mol. The summed E-state index contributed by atoms with van der Waals surface area (Å²) in [5, 5.41) is 0.665. The second-order valence-electron chi connectivity index (χ2n) is 8.12. The monoisotopic (exact) mass is 470 g/mol. The molecule has 1 aromatic carbocycles. The van der Waals surface area contributed by atoms with Gasteiger partial charge in [-0.05, 0) is 51.2 Å². The summed E-state index contributed by atoms with van der Waals surface area (Å²) >= 11 is 1.61. The number of aromatic nitrogens is 2. The molecule has 8 heteroatoms. The first kappa shape index (κ1) is 23.6. The number of nitrogens with zero attached hydrogens (tertiary/aromatic N) is 2. The highest BCUT2D eigenvalue weighted by atomic mass is 32.1. The third-order valence-electron chi connectivity index (χ3n) is 5.71. The van der Waals surface area contributed by atoms with Crippen LogP contribution in [0.15, 0.2) is 29.1 Å². The summed E-state index contributed by atoms with van der Waals surface area (Å²) in [6.45, 7) is 5.75. The normalized spacial score (nSPS) is 13.3. The van der Waals surface area contributed by atoms with Gasteiger partial charge in [-0.3, -0.25) is 14.2 Å². The van der Waals surface area contributed by atoms with Crippen LogP contribution in [-0.4, -0.2) is 48.6 Å². The van der Waals surface area contributed by atoms with Gasteiger partial charge in [0.25, 0.3) is 5.56 Å². The number of hydrogen-bond donors (Lipinski definition) is 0. The molecule has 1 aliphatic rings. The van der Waals surface area contributed by atoms with E-state index in [0.717, 1.165) is 47.2 Å². The van der Waals surface area contributed by atoms with E-state index in [4.69, 9.17) is 19.2 Å². The standard InChI is InChI=1S/C25H30N2O5S/c1-3-30-11-12-31-13-14-32-21(28)16-27-23(18-8-6-7-17(2)15-18)26-24-22(25(27)29)19-9-4-5-10-20(19)33-24/h6-8,15H,3-5,9-14,16H2,1-2H3. The van der Waals surface area contributed by atoms with Gasteiger partial charge in [0.2, 0.25) is 0 Å². The van der Waals surface area contributed by atoms with E-state index in [1.54, 1.807) is 11.3 Å². The predicted octanol–water partition coefficient (Wildman–Crippen LogP) is 3.91. The number of carbonyl (C=O) groups is 1. The van der Waals surface area contributed by atoms with Crippen LogP contribution < -0.4 is 5.56 Å². The molecule has 0 bridgehead atoms. The first-order valence-electron chi connectivity index (χ1n) is 11.5. The molecule has 176 valence electrons. The van der Waals surface area contributed by atoms with Crippen molar-refractivity contribution in [3.8, 4) is 11.4 Å². The Morgan fingerprint density at radius 3 is 2.73 bits per heavy atom. The molecule has 2 aromatic heterocycles. The second-order valence-corrected chi connectivity index (χ2v) is 9.20. The summed E-state index contributed by atoms with van der Waals surface area (Å²) in [6.07, 6.45) is 4.08. The van der Waals surface area contributed by atoms with Gasteiger partial charge in [-0.1, -0.05) is 23.8 Å². The van der Waals surface area contributed by atoms with Crippen molar-refractivity contribution in [3.05, 3.63) is 50.6 Å². The predicted molar refractivity (Wildman–Crippen MR) is 129 cm³/mol. The van der Waals surface area contributed by atoms with Crippen LogP contribution >= 0.6 is 11.3 Å². The molecule has 3 aromatic rings. The topological polar surface area (TPSA) is 79.7 Å². The lowest BCUT2D eigenvalue weighted by atomic mass is 9.97. The van der Waals surface area contributed by atoms with Gasteiger partial charge in [-0.15, -0.1) is 11.3 Å². The molecule has 2 heterocycles. The Kier molecular flexibility index (Phi) is 7.90. The van der Waals surface area contributed by atoms with Crippen LogP contribution in [0.2, 0.25) is 0 Å². The Morgan fingerprint density at radius 2 is 1.91 bits per heavy atom. The molecule has 0 atom stereocenters.